The number of halogens is 1. The van der Waals surface area contributed by atoms with Gasteiger partial charge in [-0.25, -0.2) is 0 Å². The van der Waals surface area contributed by atoms with Gasteiger partial charge in [-0.15, -0.1) is 0 Å². The van der Waals surface area contributed by atoms with Crippen LogP contribution in [0.2, 0.25) is 0 Å². The number of ether oxygens (including phenoxy) is 2. The zero-order valence-electron chi connectivity index (χ0n) is 10.8. The summed E-state index contributed by atoms with van der Waals surface area (Å²) < 4.78 is 11.2. The first-order chi connectivity index (χ1) is 8.67. The minimum absolute atomic E-state index is 0.377. The van der Waals surface area contributed by atoms with Crippen molar-refractivity contribution < 1.29 is 14.6 Å². The molecule has 1 atom stereocenters. The molecular formula is C13H20BrNO3. The summed E-state index contributed by atoms with van der Waals surface area (Å²) in [5.41, 5.74) is 1.09. The van der Waals surface area contributed by atoms with E-state index >= 15 is 0 Å². The Morgan fingerprint density at radius 3 is 2.83 bits per heavy atom. The summed E-state index contributed by atoms with van der Waals surface area (Å²) in [5.74, 6) is 0.864. The molecule has 0 aliphatic carbocycles. The molecule has 1 unspecified atom stereocenters. The Kier molecular flexibility index (Phi) is 7.27. The number of hydrogen-bond acceptors (Lipinski definition) is 4. The number of hydrogen-bond donors (Lipinski definition) is 2. The van der Waals surface area contributed by atoms with Crippen molar-refractivity contribution in [2.75, 3.05) is 27.4 Å². The molecule has 0 spiro atoms. The summed E-state index contributed by atoms with van der Waals surface area (Å²) in [5, 5.41) is 12.8. The van der Waals surface area contributed by atoms with Crippen LogP contribution in [0.1, 0.15) is 12.0 Å². The first-order valence-corrected chi connectivity index (χ1v) is 6.66. The summed E-state index contributed by atoms with van der Waals surface area (Å²) in [7, 11) is 3.25. The predicted molar refractivity (Wildman–Crippen MR) is 74.9 cm³/mol. The van der Waals surface area contributed by atoms with E-state index in [1.165, 1.54) is 0 Å². The predicted octanol–water partition coefficient (Wildman–Crippen LogP) is 1.94. The SMILES string of the molecule is COCC(O)CCNCc1cc(Br)ccc1OC. The van der Waals surface area contributed by atoms with Crippen LogP contribution in [0.3, 0.4) is 0 Å². The van der Waals surface area contributed by atoms with Crippen LogP contribution in [0, 0.1) is 0 Å². The largest absolute Gasteiger partial charge is 0.496 e. The fourth-order valence-corrected chi connectivity index (χ4v) is 2.06. The number of nitrogens with one attached hydrogen (secondary N) is 1. The van der Waals surface area contributed by atoms with Gasteiger partial charge in [-0.3, -0.25) is 0 Å². The van der Waals surface area contributed by atoms with Crippen LogP contribution in [0.5, 0.6) is 5.75 Å². The summed E-state index contributed by atoms with van der Waals surface area (Å²) in [6.45, 7) is 1.82. The Bertz CT molecular complexity index is 360. The molecule has 0 amide bonds. The van der Waals surface area contributed by atoms with E-state index in [-0.39, 0.29) is 0 Å². The van der Waals surface area contributed by atoms with Gasteiger partial charge in [-0.1, -0.05) is 15.9 Å². The molecule has 0 saturated heterocycles. The number of aliphatic hydroxyl groups excluding tert-OH is 1. The van der Waals surface area contributed by atoms with Gasteiger partial charge in [0.1, 0.15) is 5.75 Å². The second-order valence-electron chi connectivity index (χ2n) is 4.03. The lowest BCUT2D eigenvalue weighted by Crippen LogP contribution is -2.23. The Morgan fingerprint density at radius 1 is 1.39 bits per heavy atom. The minimum atomic E-state index is -0.410. The summed E-state index contributed by atoms with van der Waals surface area (Å²) in [6.07, 6.45) is 0.261. The van der Waals surface area contributed by atoms with E-state index in [1.807, 2.05) is 18.2 Å². The van der Waals surface area contributed by atoms with Gasteiger partial charge in [0.05, 0.1) is 19.8 Å². The Balaban J connectivity index is 2.36. The third-order valence-electron chi connectivity index (χ3n) is 2.57. The van der Waals surface area contributed by atoms with E-state index in [0.29, 0.717) is 19.6 Å². The van der Waals surface area contributed by atoms with Crippen LogP contribution in [-0.2, 0) is 11.3 Å². The summed E-state index contributed by atoms with van der Waals surface area (Å²) in [4.78, 5) is 0. The lowest BCUT2D eigenvalue weighted by atomic mass is 10.2. The molecule has 0 aliphatic heterocycles. The molecule has 18 heavy (non-hydrogen) atoms. The monoisotopic (exact) mass is 317 g/mol. The van der Waals surface area contributed by atoms with Crippen molar-refractivity contribution in [3.05, 3.63) is 28.2 Å². The molecular weight excluding hydrogens is 298 g/mol. The van der Waals surface area contributed by atoms with Crippen molar-refractivity contribution in [3.63, 3.8) is 0 Å². The van der Waals surface area contributed by atoms with Crippen LogP contribution in [0.25, 0.3) is 0 Å². The van der Waals surface area contributed by atoms with Crippen LogP contribution >= 0.6 is 15.9 Å². The van der Waals surface area contributed by atoms with Gasteiger partial charge in [-0.05, 0) is 31.2 Å². The lowest BCUT2D eigenvalue weighted by Gasteiger charge is -2.12. The molecule has 1 aromatic rings. The second-order valence-corrected chi connectivity index (χ2v) is 4.95. The molecule has 0 bridgehead atoms. The van der Waals surface area contributed by atoms with E-state index in [0.717, 1.165) is 22.3 Å². The van der Waals surface area contributed by atoms with Crippen LogP contribution in [-0.4, -0.2) is 38.6 Å². The molecule has 4 nitrogen and oxygen atoms in total. The minimum Gasteiger partial charge on any atom is -0.496 e. The van der Waals surface area contributed by atoms with Crippen molar-refractivity contribution in [1.29, 1.82) is 0 Å². The summed E-state index contributed by atoms with van der Waals surface area (Å²) >= 11 is 3.44. The van der Waals surface area contributed by atoms with Crippen LogP contribution < -0.4 is 10.1 Å². The van der Waals surface area contributed by atoms with Crippen LogP contribution in [0.4, 0.5) is 0 Å². The maximum absolute atomic E-state index is 9.49. The molecule has 0 aliphatic rings. The summed E-state index contributed by atoms with van der Waals surface area (Å²) in [6, 6.07) is 5.91. The molecule has 0 fully saturated rings. The van der Waals surface area contributed by atoms with Gasteiger partial charge in [0.15, 0.2) is 0 Å². The standard InChI is InChI=1S/C13H20BrNO3/c1-17-9-12(16)5-6-15-8-10-7-11(14)3-4-13(10)18-2/h3-4,7,12,15-16H,5-6,8-9H2,1-2H3. The third kappa shape index (κ3) is 5.35. The van der Waals surface area contributed by atoms with E-state index in [2.05, 4.69) is 21.2 Å². The molecule has 2 N–H and O–H groups in total. The highest BCUT2D eigenvalue weighted by Gasteiger charge is 2.05. The van der Waals surface area contributed by atoms with Gasteiger partial charge >= 0.3 is 0 Å². The second kappa shape index (κ2) is 8.48. The topological polar surface area (TPSA) is 50.7 Å². The molecule has 0 aromatic heterocycles. The fourth-order valence-electron chi connectivity index (χ4n) is 1.65. The number of aliphatic hydroxyl groups is 1. The molecule has 0 saturated carbocycles. The average Bonchev–Trinajstić information content (AvgIpc) is 2.35. The highest BCUT2D eigenvalue weighted by atomic mass is 79.9. The maximum atomic E-state index is 9.49. The quantitative estimate of drug-likeness (QED) is 0.719. The van der Waals surface area contributed by atoms with Gasteiger partial charge < -0.3 is 19.9 Å². The van der Waals surface area contributed by atoms with E-state index in [1.54, 1.807) is 14.2 Å². The molecule has 0 radical (unpaired) electrons. The van der Waals surface area contributed by atoms with Gasteiger partial charge in [0.25, 0.3) is 0 Å². The Labute approximate surface area is 116 Å². The lowest BCUT2D eigenvalue weighted by molar-refractivity contribution is 0.0594. The Morgan fingerprint density at radius 2 is 2.17 bits per heavy atom. The normalized spacial score (nSPS) is 12.4. The first kappa shape index (κ1) is 15.4. The van der Waals surface area contributed by atoms with Crippen molar-refractivity contribution in [1.82, 2.24) is 5.32 Å². The maximum Gasteiger partial charge on any atom is 0.123 e. The Hall–Kier alpha value is -0.620. The fraction of sp³-hybridized carbons (Fsp3) is 0.538. The first-order valence-electron chi connectivity index (χ1n) is 5.87. The number of benzene rings is 1. The van der Waals surface area contributed by atoms with Crippen LogP contribution in [0.15, 0.2) is 22.7 Å². The van der Waals surface area contributed by atoms with Crippen molar-refractivity contribution in [2.45, 2.75) is 19.1 Å². The van der Waals surface area contributed by atoms with Gasteiger partial charge in [-0.2, -0.15) is 0 Å². The molecule has 5 heteroatoms. The van der Waals surface area contributed by atoms with Crippen molar-refractivity contribution >= 4 is 15.9 Å². The smallest absolute Gasteiger partial charge is 0.123 e. The number of methoxy groups -OCH3 is 2. The van der Waals surface area contributed by atoms with Crippen molar-refractivity contribution in [3.8, 4) is 5.75 Å². The zero-order valence-corrected chi connectivity index (χ0v) is 12.4. The van der Waals surface area contributed by atoms with E-state index < -0.39 is 6.10 Å². The molecule has 1 aromatic carbocycles. The highest BCUT2D eigenvalue weighted by Crippen LogP contribution is 2.22. The highest BCUT2D eigenvalue weighted by molar-refractivity contribution is 9.10. The molecule has 102 valence electrons. The van der Waals surface area contributed by atoms with E-state index in [9.17, 15) is 5.11 Å². The van der Waals surface area contributed by atoms with Gasteiger partial charge in [0.2, 0.25) is 0 Å². The van der Waals surface area contributed by atoms with Gasteiger partial charge in [0, 0.05) is 23.7 Å². The molecule has 1 rings (SSSR count). The number of rotatable bonds is 8. The average molecular weight is 318 g/mol. The zero-order chi connectivity index (χ0) is 13.4. The third-order valence-corrected chi connectivity index (χ3v) is 3.06. The van der Waals surface area contributed by atoms with Crippen molar-refractivity contribution in [2.24, 2.45) is 0 Å². The van der Waals surface area contributed by atoms with E-state index in [4.69, 9.17) is 9.47 Å². The molecule has 0 heterocycles.